The number of likely N-dealkylation sites (tertiary alicyclic amines) is 1. The second kappa shape index (κ2) is 9.08. The molecule has 2 heterocycles. The van der Waals surface area contributed by atoms with Crippen LogP contribution < -0.4 is 9.64 Å². The molecule has 6 atom stereocenters. The van der Waals surface area contributed by atoms with E-state index in [4.69, 9.17) is 27.9 Å². The lowest BCUT2D eigenvalue weighted by Crippen LogP contribution is -2.60. The van der Waals surface area contributed by atoms with Crippen molar-refractivity contribution in [3.63, 3.8) is 0 Å². The number of ether oxygens (including phenoxy) is 1. The number of allylic oxidation sites excluding steroid dienone is 2. The quantitative estimate of drug-likeness (QED) is 0.233. The van der Waals surface area contributed by atoms with Crippen LogP contribution in [-0.2, 0) is 19.2 Å². The number of nitrogens with zero attached hydrogens (tertiary/aromatic N) is 2. The van der Waals surface area contributed by atoms with Gasteiger partial charge in [0.2, 0.25) is 11.8 Å². The minimum atomic E-state index is -1.92. The molecular weight excluding hydrogens is 611 g/mol. The van der Waals surface area contributed by atoms with E-state index < -0.39 is 45.2 Å². The fourth-order valence-electron chi connectivity index (χ4n) is 6.83. The summed E-state index contributed by atoms with van der Waals surface area (Å²) in [5.41, 5.74) is 1.54. The lowest BCUT2D eigenvalue weighted by atomic mass is 9.56. The highest BCUT2D eigenvalue weighted by Gasteiger charge is 2.76. The molecule has 1 N–H and O–H groups in total. The first-order valence-electron chi connectivity index (χ1n) is 12.4. The number of fused-ring (bicyclic) bond motifs is 4. The summed E-state index contributed by atoms with van der Waals surface area (Å²) in [5.74, 6) is -4.93. The first kappa shape index (κ1) is 26.3. The largest absolute Gasteiger partial charge is 0.504 e. The Morgan fingerprint density at radius 3 is 2.41 bits per heavy atom. The van der Waals surface area contributed by atoms with Crippen molar-refractivity contribution in [2.45, 2.75) is 28.5 Å². The third-order valence-corrected chi connectivity index (χ3v) is 10.5. The number of carbonyl (C=O) groups excluding carboxylic acids is 4. The molecule has 2 aromatic rings. The van der Waals surface area contributed by atoms with Crippen molar-refractivity contribution >= 4 is 68.4 Å². The van der Waals surface area contributed by atoms with E-state index in [1.807, 2.05) is 6.08 Å². The van der Waals surface area contributed by atoms with Gasteiger partial charge in [-0.25, -0.2) is 0 Å². The van der Waals surface area contributed by atoms with Crippen LogP contribution in [0.4, 0.5) is 5.69 Å². The highest BCUT2D eigenvalue weighted by molar-refractivity contribution is 9.09. The molecule has 0 spiro atoms. The maximum atomic E-state index is 13.9. The number of anilines is 1. The number of para-hydroxylation sites is 1. The third kappa shape index (κ3) is 3.36. The van der Waals surface area contributed by atoms with Crippen molar-refractivity contribution in [3.8, 4) is 11.5 Å². The number of rotatable bonds is 4. The second-order valence-electron chi connectivity index (χ2n) is 10.3. The lowest BCUT2D eigenvalue weighted by Gasteiger charge is -2.50. The van der Waals surface area contributed by atoms with E-state index in [0.29, 0.717) is 16.8 Å². The van der Waals surface area contributed by atoms with Crippen LogP contribution in [0.5, 0.6) is 11.5 Å². The Hall–Kier alpha value is -2.88. The number of imide groups is 2. The summed E-state index contributed by atoms with van der Waals surface area (Å²) in [4.78, 5) is 53.3. The van der Waals surface area contributed by atoms with E-state index >= 15 is 0 Å². The van der Waals surface area contributed by atoms with Crippen LogP contribution in [0.25, 0.3) is 0 Å². The van der Waals surface area contributed by atoms with Crippen molar-refractivity contribution < 1.29 is 29.0 Å². The molecule has 4 aliphatic rings. The van der Waals surface area contributed by atoms with Gasteiger partial charge in [0.15, 0.2) is 21.2 Å². The van der Waals surface area contributed by atoms with Gasteiger partial charge >= 0.3 is 0 Å². The number of hydrogen-bond acceptors (Lipinski definition) is 6. The standard InChI is InChI=1S/C28H23BrCl2N2O6/c1-39-20-11-14(7-10-19(20)34)22-16-8-9-17-21(24(36)33(23(17)35)15-5-3-2-4-6-15)18(16)12-27(30)25(37)32(13-29)26(38)28(22,27)31/h2-8,10-11,17-18,21-22,34H,9,12-13H2,1H3. The monoisotopic (exact) mass is 632 g/mol. The van der Waals surface area contributed by atoms with Gasteiger partial charge in [-0.05, 0) is 48.6 Å². The Balaban J connectivity index is 1.54. The number of phenolic OH excluding ortho intramolecular Hbond substituents is 1. The molecule has 202 valence electrons. The van der Waals surface area contributed by atoms with Crippen molar-refractivity contribution in [2.75, 3.05) is 17.5 Å². The molecule has 1 saturated carbocycles. The highest BCUT2D eigenvalue weighted by Crippen LogP contribution is 2.65. The fraction of sp³-hybridized carbons (Fsp3) is 0.357. The summed E-state index contributed by atoms with van der Waals surface area (Å²) in [7, 11) is 1.40. The molecule has 6 unspecified atom stereocenters. The minimum absolute atomic E-state index is 0.0908. The first-order valence-corrected chi connectivity index (χ1v) is 14.3. The molecule has 11 heteroatoms. The molecule has 8 nitrogen and oxygen atoms in total. The number of methoxy groups -OCH3 is 1. The maximum Gasteiger partial charge on any atom is 0.254 e. The van der Waals surface area contributed by atoms with Gasteiger partial charge in [-0.1, -0.05) is 51.8 Å². The fourth-order valence-corrected chi connectivity index (χ4v) is 8.26. The van der Waals surface area contributed by atoms with Crippen LogP contribution in [0.1, 0.15) is 24.3 Å². The van der Waals surface area contributed by atoms with Gasteiger partial charge in [0.05, 0.1) is 30.1 Å². The van der Waals surface area contributed by atoms with E-state index in [2.05, 4.69) is 15.9 Å². The topological polar surface area (TPSA) is 104 Å². The molecule has 3 fully saturated rings. The van der Waals surface area contributed by atoms with Crippen molar-refractivity contribution in [3.05, 3.63) is 65.7 Å². The van der Waals surface area contributed by atoms with Gasteiger partial charge in [-0.3, -0.25) is 29.0 Å². The van der Waals surface area contributed by atoms with Crippen LogP contribution in [0.3, 0.4) is 0 Å². The van der Waals surface area contributed by atoms with Gasteiger partial charge in [0.1, 0.15) is 0 Å². The molecule has 0 bridgehead atoms. The summed E-state index contributed by atoms with van der Waals surface area (Å²) in [6.07, 6.45) is 2.04. The van der Waals surface area contributed by atoms with Gasteiger partial charge in [-0.15, -0.1) is 23.2 Å². The summed E-state index contributed by atoms with van der Waals surface area (Å²) in [6.45, 7) is 0. The number of benzene rings is 2. The number of carbonyl (C=O) groups is 4. The Kier molecular flexibility index (Phi) is 6.13. The molecule has 0 radical (unpaired) electrons. The first-order chi connectivity index (χ1) is 18.6. The Labute approximate surface area is 242 Å². The highest BCUT2D eigenvalue weighted by atomic mass is 79.9. The summed E-state index contributed by atoms with van der Waals surface area (Å²) in [6, 6.07) is 13.3. The third-order valence-electron chi connectivity index (χ3n) is 8.57. The van der Waals surface area contributed by atoms with Crippen molar-refractivity contribution in [1.82, 2.24) is 4.90 Å². The van der Waals surface area contributed by atoms with E-state index in [1.54, 1.807) is 42.5 Å². The number of alkyl halides is 3. The number of amides is 4. The molecule has 0 aromatic heterocycles. The summed E-state index contributed by atoms with van der Waals surface area (Å²) < 4.78 is 5.31. The average Bonchev–Trinajstić information content (AvgIpc) is 3.27. The molecule has 6 rings (SSSR count). The normalized spacial score (nSPS) is 33.6. The van der Waals surface area contributed by atoms with Crippen molar-refractivity contribution in [1.29, 1.82) is 0 Å². The van der Waals surface area contributed by atoms with Crippen LogP contribution in [0.2, 0.25) is 0 Å². The molecular formula is C28H23BrCl2N2O6. The predicted molar refractivity (Wildman–Crippen MR) is 147 cm³/mol. The number of aromatic hydroxyl groups is 1. The molecule has 2 aliphatic carbocycles. The van der Waals surface area contributed by atoms with Crippen molar-refractivity contribution in [2.24, 2.45) is 17.8 Å². The zero-order valence-electron chi connectivity index (χ0n) is 20.6. The zero-order valence-corrected chi connectivity index (χ0v) is 23.7. The van der Waals surface area contributed by atoms with Crippen LogP contribution in [0, 0.1) is 17.8 Å². The van der Waals surface area contributed by atoms with E-state index in [9.17, 15) is 24.3 Å². The molecule has 2 saturated heterocycles. The lowest BCUT2D eigenvalue weighted by molar-refractivity contribution is -0.138. The molecule has 4 amide bonds. The SMILES string of the molecule is COc1cc(C2C3=CCC4C(=O)N(c5ccccc5)C(=O)C4C3CC3(Cl)C(=O)N(CBr)C(=O)C23Cl)ccc1O. The number of hydrogen-bond donors (Lipinski definition) is 1. The van der Waals surface area contributed by atoms with Gasteiger partial charge in [0, 0.05) is 5.92 Å². The van der Waals surface area contributed by atoms with E-state index in [0.717, 1.165) is 4.90 Å². The zero-order chi connectivity index (χ0) is 27.9. The smallest absolute Gasteiger partial charge is 0.254 e. The molecule has 2 aliphatic heterocycles. The van der Waals surface area contributed by atoms with E-state index in [1.165, 1.54) is 18.1 Å². The van der Waals surface area contributed by atoms with Gasteiger partial charge in [-0.2, -0.15) is 0 Å². The Morgan fingerprint density at radius 1 is 1.03 bits per heavy atom. The number of phenols is 1. The minimum Gasteiger partial charge on any atom is -0.504 e. The van der Waals surface area contributed by atoms with Gasteiger partial charge < -0.3 is 9.84 Å². The average molecular weight is 634 g/mol. The summed E-state index contributed by atoms with van der Waals surface area (Å²) >= 11 is 17.6. The predicted octanol–water partition coefficient (Wildman–Crippen LogP) is 4.32. The van der Waals surface area contributed by atoms with Crippen LogP contribution >= 0.6 is 39.1 Å². The van der Waals surface area contributed by atoms with Crippen LogP contribution in [-0.4, -0.2) is 55.9 Å². The maximum absolute atomic E-state index is 13.9. The Bertz CT molecular complexity index is 1470. The molecule has 2 aromatic carbocycles. The van der Waals surface area contributed by atoms with E-state index in [-0.39, 0.29) is 41.6 Å². The second-order valence-corrected chi connectivity index (χ2v) is 12.0. The van der Waals surface area contributed by atoms with Gasteiger partial charge in [0.25, 0.3) is 11.8 Å². The molecule has 39 heavy (non-hydrogen) atoms. The number of halogens is 3. The summed E-state index contributed by atoms with van der Waals surface area (Å²) in [5, 5.41) is 10.2. The Morgan fingerprint density at radius 2 is 1.74 bits per heavy atom. The van der Waals surface area contributed by atoms with Crippen LogP contribution in [0.15, 0.2) is 60.2 Å².